The summed E-state index contributed by atoms with van der Waals surface area (Å²) in [6, 6.07) is 10.4. The number of carbonyl (C=O) groups excluding carboxylic acids is 3. The highest BCUT2D eigenvalue weighted by Gasteiger charge is 2.31. The number of anilines is 1. The van der Waals surface area contributed by atoms with E-state index in [2.05, 4.69) is 39.8 Å². The van der Waals surface area contributed by atoms with E-state index in [-0.39, 0.29) is 31.1 Å². The van der Waals surface area contributed by atoms with Crippen molar-refractivity contribution in [3.05, 3.63) is 64.5 Å². The number of nitrogens with zero attached hydrogens (tertiary/aromatic N) is 2. The molecule has 2 heterocycles. The third-order valence-corrected chi connectivity index (χ3v) is 6.54. The van der Waals surface area contributed by atoms with E-state index in [0.29, 0.717) is 24.2 Å². The lowest BCUT2D eigenvalue weighted by molar-refractivity contribution is -0.141. The minimum absolute atomic E-state index is 0.128. The maximum Gasteiger partial charge on any atom is 0.249 e. The normalized spacial score (nSPS) is 18.7. The molecule has 0 spiro atoms. The number of benzene rings is 2. The lowest BCUT2D eigenvalue weighted by atomic mass is 10.0. The third kappa shape index (κ3) is 6.43. The summed E-state index contributed by atoms with van der Waals surface area (Å²) in [7, 11) is 0. The lowest BCUT2D eigenvalue weighted by Gasteiger charge is -2.31. The van der Waals surface area contributed by atoms with Crippen LogP contribution in [0.4, 0.5) is 10.1 Å². The summed E-state index contributed by atoms with van der Waals surface area (Å²) in [6.07, 6.45) is 1.05. The molecule has 0 aromatic heterocycles. The van der Waals surface area contributed by atoms with Crippen molar-refractivity contribution >= 4 is 23.9 Å². The summed E-state index contributed by atoms with van der Waals surface area (Å²) in [5.41, 5.74) is 4.24. The average molecular weight is 483 g/mol. The van der Waals surface area contributed by atoms with Crippen LogP contribution < -0.4 is 10.6 Å². The van der Waals surface area contributed by atoms with E-state index >= 15 is 0 Å². The molecule has 0 aliphatic carbocycles. The minimum Gasteiger partial charge on any atom is -0.381 e. The van der Waals surface area contributed by atoms with Crippen LogP contribution in [-0.4, -0.2) is 60.4 Å². The number of nitrogens with one attached hydrogen (secondary N) is 2. The van der Waals surface area contributed by atoms with Gasteiger partial charge in [0.1, 0.15) is 11.9 Å². The first kappa shape index (κ1) is 24.8. The molecule has 3 amide bonds. The number of hydrogen-bond acceptors (Lipinski definition) is 6. The van der Waals surface area contributed by atoms with Crippen molar-refractivity contribution < 1.29 is 23.5 Å². The van der Waals surface area contributed by atoms with Crippen molar-refractivity contribution in [3.8, 4) is 0 Å². The Morgan fingerprint density at radius 1 is 1.17 bits per heavy atom. The first-order chi connectivity index (χ1) is 16.9. The highest BCUT2D eigenvalue weighted by molar-refractivity contribution is 6.00. The van der Waals surface area contributed by atoms with Gasteiger partial charge in [-0.2, -0.15) is 0 Å². The minimum atomic E-state index is -0.735. The Balaban J connectivity index is 1.43. The fraction of sp³-hybridized carbons (Fsp3) is 0.423. The standard InChI is InChI=1S/C26H31FN4O4/c1-18-12-21(27)13-23(22(18)16-31(17-32)24-6-7-25(33)29-26(24)34)28-14-19-2-4-20(5-3-19)15-30-8-10-35-11-9-30/h2-5,12-13,17,24,28H,6-11,14-16H2,1H3,(H,29,33,34). The molecular formula is C26H31FN4O4. The summed E-state index contributed by atoms with van der Waals surface area (Å²) in [6.45, 7) is 6.66. The molecule has 8 nitrogen and oxygen atoms in total. The van der Waals surface area contributed by atoms with Gasteiger partial charge in [0.25, 0.3) is 0 Å². The fourth-order valence-electron chi connectivity index (χ4n) is 4.52. The Hall–Kier alpha value is -3.30. The van der Waals surface area contributed by atoms with Gasteiger partial charge < -0.3 is 15.0 Å². The summed E-state index contributed by atoms with van der Waals surface area (Å²) in [4.78, 5) is 39.3. The van der Waals surface area contributed by atoms with Crippen LogP contribution in [0.3, 0.4) is 0 Å². The molecule has 186 valence electrons. The molecule has 2 aromatic rings. The molecule has 0 saturated carbocycles. The van der Waals surface area contributed by atoms with Gasteiger partial charge in [-0.05, 0) is 47.7 Å². The number of halogens is 1. The van der Waals surface area contributed by atoms with E-state index in [0.717, 1.165) is 44.0 Å². The Labute approximate surface area is 204 Å². The van der Waals surface area contributed by atoms with Crippen molar-refractivity contribution in [3.63, 3.8) is 0 Å². The molecule has 2 aliphatic heterocycles. The molecule has 2 aromatic carbocycles. The predicted molar refractivity (Wildman–Crippen MR) is 129 cm³/mol. The molecule has 9 heteroatoms. The van der Waals surface area contributed by atoms with Crippen molar-refractivity contribution in [2.24, 2.45) is 0 Å². The second-order valence-corrected chi connectivity index (χ2v) is 9.05. The molecule has 4 rings (SSSR count). The molecule has 35 heavy (non-hydrogen) atoms. The lowest BCUT2D eigenvalue weighted by Crippen LogP contribution is -2.51. The molecule has 2 aliphatic rings. The van der Waals surface area contributed by atoms with Crippen LogP contribution in [-0.2, 0) is 38.8 Å². The summed E-state index contributed by atoms with van der Waals surface area (Å²) >= 11 is 0. The highest BCUT2D eigenvalue weighted by atomic mass is 19.1. The van der Waals surface area contributed by atoms with Crippen molar-refractivity contribution in [1.29, 1.82) is 0 Å². The van der Waals surface area contributed by atoms with E-state index in [1.54, 1.807) is 6.92 Å². The number of piperidine rings is 1. The van der Waals surface area contributed by atoms with Gasteiger partial charge in [-0.25, -0.2) is 4.39 Å². The van der Waals surface area contributed by atoms with Crippen LogP contribution in [0, 0.1) is 12.7 Å². The Kier molecular flexibility index (Phi) is 8.09. The van der Waals surface area contributed by atoms with Gasteiger partial charge in [0.2, 0.25) is 18.2 Å². The number of hydrogen-bond donors (Lipinski definition) is 2. The number of rotatable bonds is 9. The van der Waals surface area contributed by atoms with E-state index < -0.39 is 11.9 Å². The molecule has 0 radical (unpaired) electrons. The van der Waals surface area contributed by atoms with E-state index in [1.165, 1.54) is 22.6 Å². The topological polar surface area (TPSA) is 91.0 Å². The predicted octanol–water partition coefficient (Wildman–Crippen LogP) is 2.34. The van der Waals surface area contributed by atoms with Gasteiger partial charge in [-0.3, -0.25) is 24.6 Å². The molecule has 1 atom stereocenters. The maximum atomic E-state index is 14.3. The van der Waals surface area contributed by atoms with Crippen LogP contribution in [0.25, 0.3) is 0 Å². The van der Waals surface area contributed by atoms with Crippen LogP contribution >= 0.6 is 0 Å². The first-order valence-electron chi connectivity index (χ1n) is 11.9. The number of aryl methyl sites for hydroxylation is 1. The molecule has 2 saturated heterocycles. The van der Waals surface area contributed by atoms with Crippen molar-refractivity contribution in [2.75, 3.05) is 31.6 Å². The van der Waals surface area contributed by atoms with Crippen LogP contribution in [0.2, 0.25) is 0 Å². The zero-order valence-electron chi connectivity index (χ0n) is 19.9. The number of carbonyl (C=O) groups is 3. The largest absolute Gasteiger partial charge is 0.381 e. The summed E-state index contributed by atoms with van der Waals surface area (Å²) in [5, 5.41) is 5.58. The molecule has 0 bridgehead atoms. The van der Waals surface area contributed by atoms with Gasteiger partial charge in [0.05, 0.1) is 13.2 Å². The summed E-state index contributed by atoms with van der Waals surface area (Å²) in [5.74, 6) is -1.21. The zero-order valence-corrected chi connectivity index (χ0v) is 19.9. The zero-order chi connectivity index (χ0) is 24.8. The van der Waals surface area contributed by atoms with Gasteiger partial charge in [-0.15, -0.1) is 0 Å². The maximum absolute atomic E-state index is 14.3. The highest BCUT2D eigenvalue weighted by Crippen LogP contribution is 2.26. The van der Waals surface area contributed by atoms with Crippen LogP contribution in [0.5, 0.6) is 0 Å². The smallest absolute Gasteiger partial charge is 0.249 e. The number of morpholine rings is 1. The first-order valence-corrected chi connectivity index (χ1v) is 11.9. The quantitative estimate of drug-likeness (QED) is 0.421. The third-order valence-electron chi connectivity index (χ3n) is 6.54. The van der Waals surface area contributed by atoms with Crippen LogP contribution in [0.15, 0.2) is 36.4 Å². The fourth-order valence-corrected chi connectivity index (χ4v) is 4.52. The number of ether oxygens (including phenoxy) is 1. The van der Waals surface area contributed by atoms with Gasteiger partial charge >= 0.3 is 0 Å². The van der Waals surface area contributed by atoms with Crippen molar-refractivity contribution in [2.45, 2.75) is 45.4 Å². The van der Waals surface area contributed by atoms with Gasteiger partial charge in [0.15, 0.2) is 0 Å². The molecule has 2 N–H and O–H groups in total. The van der Waals surface area contributed by atoms with Crippen LogP contribution in [0.1, 0.15) is 35.1 Å². The second kappa shape index (κ2) is 11.4. The Morgan fingerprint density at radius 3 is 2.57 bits per heavy atom. The Bertz CT molecular complexity index is 1070. The summed E-state index contributed by atoms with van der Waals surface area (Å²) < 4.78 is 19.6. The monoisotopic (exact) mass is 482 g/mol. The van der Waals surface area contributed by atoms with E-state index in [1.807, 2.05) is 0 Å². The van der Waals surface area contributed by atoms with Crippen molar-refractivity contribution in [1.82, 2.24) is 15.1 Å². The Morgan fingerprint density at radius 2 is 1.89 bits per heavy atom. The van der Waals surface area contributed by atoms with Gasteiger partial charge in [-0.1, -0.05) is 24.3 Å². The second-order valence-electron chi connectivity index (χ2n) is 9.05. The van der Waals surface area contributed by atoms with E-state index in [9.17, 15) is 18.8 Å². The number of imide groups is 1. The SMILES string of the molecule is Cc1cc(F)cc(NCc2ccc(CN3CCOCC3)cc2)c1CN(C=O)C1CCC(=O)NC1=O. The molecular weight excluding hydrogens is 451 g/mol. The van der Waals surface area contributed by atoms with Gasteiger partial charge in [0, 0.05) is 44.8 Å². The average Bonchev–Trinajstić information content (AvgIpc) is 2.84. The molecule has 2 fully saturated rings. The van der Waals surface area contributed by atoms with E-state index in [4.69, 9.17) is 4.74 Å². The number of amides is 3. The molecule has 1 unspecified atom stereocenters.